The molecule has 0 aromatic carbocycles. The summed E-state index contributed by atoms with van der Waals surface area (Å²) in [6.07, 6.45) is 6.17. The van der Waals surface area contributed by atoms with Gasteiger partial charge in [0.2, 0.25) is 11.8 Å². The van der Waals surface area contributed by atoms with Crippen LogP contribution in [0.3, 0.4) is 0 Å². The van der Waals surface area contributed by atoms with Gasteiger partial charge in [-0.15, -0.1) is 11.8 Å². The normalized spacial score (nSPS) is 22.8. The smallest absolute Gasteiger partial charge is 0.229 e. The predicted molar refractivity (Wildman–Crippen MR) is 64.9 cm³/mol. The second-order valence-corrected chi connectivity index (χ2v) is 5.18. The predicted octanol–water partition coefficient (Wildman–Crippen LogP) is 2.11. The van der Waals surface area contributed by atoms with Crippen molar-refractivity contribution in [3.8, 4) is 11.8 Å². The first-order valence-electron chi connectivity index (χ1n) is 6.40. The van der Waals surface area contributed by atoms with Crippen molar-refractivity contribution in [2.45, 2.75) is 51.9 Å². The lowest BCUT2D eigenvalue weighted by Crippen LogP contribution is -2.47. The largest absolute Gasteiger partial charge is 0.282 e. The Balaban J connectivity index is 2.00. The first kappa shape index (κ1) is 12.2. The highest BCUT2D eigenvalue weighted by molar-refractivity contribution is 5.98. The number of piperidine rings is 1. The van der Waals surface area contributed by atoms with Crippen LogP contribution in [0.2, 0.25) is 0 Å². The Kier molecular flexibility index (Phi) is 3.51. The SMILES string of the molecule is CC#CCCN1C(=O)CC2(CCCC2)CC1=O. The quantitative estimate of drug-likeness (QED) is 0.541. The maximum absolute atomic E-state index is 12.0. The molecule has 0 aromatic heterocycles. The van der Waals surface area contributed by atoms with Gasteiger partial charge in [-0.25, -0.2) is 0 Å². The van der Waals surface area contributed by atoms with E-state index in [-0.39, 0.29) is 17.2 Å². The number of likely N-dealkylation sites (tertiary alicyclic amines) is 1. The van der Waals surface area contributed by atoms with Crippen molar-refractivity contribution in [2.24, 2.45) is 5.41 Å². The Morgan fingerprint density at radius 3 is 2.29 bits per heavy atom. The molecule has 92 valence electrons. The molecule has 2 fully saturated rings. The lowest BCUT2D eigenvalue weighted by molar-refractivity contribution is -0.153. The zero-order valence-electron chi connectivity index (χ0n) is 10.4. The van der Waals surface area contributed by atoms with E-state index in [4.69, 9.17) is 0 Å². The fourth-order valence-electron chi connectivity index (χ4n) is 3.05. The first-order valence-corrected chi connectivity index (χ1v) is 6.40. The van der Waals surface area contributed by atoms with Crippen LogP contribution in [0, 0.1) is 17.3 Å². The van der Waals surface area contributed by atoms with E-state index < -0.39 is 0 Å². The summed E-state index contributed by atoms with van der Waals surface area (Å²) < 4.78 is 0. The molecule has 1 saturated carbocycles. The summed E-state index contributed by atoms with van der Waals surface area (Å²) in [5, 5.41) is 0. The van der Waals surface area contributed by atoms with Crippen molar-refractivity contribution in [1.82, 2.24) is 4.90 Å². The summed E-state index contributed by atoms with van der Waals surface area (Å²) in [7, 11) is 0. The highest BCUT2D eigenvalue weighted by Gasteiger charge is 2.44. The van der Waals surface area contributed by atoms with Gasteiger partial charge in [-0.3, -0.25) is 14.5 Å². The number of imide groups is 1. The van der Waals surface area contributed by atoms with E-state index >= 15 is 0 Å². The molecule has 0 unspecified atom stereocenters. The summed E-state index contributed by atoms with van der Waals surface area (Å²) in [5.41, 5.74) is 0.0150. The average molecular weight is 233 g/mol. The molecule has 1 aliphatic carbocycles. The first-order chi connectivity index (χ1) is 8.17. The minimum absolute atomic E-state index is 0.0149. The third-order valence-electron chi connectivity index (χ3n) is 3.96. The minimum atomic E-state index is 0.0149. The van der Waals surface area contributed by atoms with Crippen LogP contribution in [0.5, 0.6) is 0 Å². The van der Waals surface area contributed by atoms with Crippen LogP contribution < -0.4 is 0 Å². The van der Waals surface area contributed by atoms with Gasteiger partial charge >= 0.3 is 0 Å². The molecule has 1 aliphatic heterocycles. The zero-order chi connectivity index (χ0) is 12.3. The number of carbonyl (C=O) groups excluding carboxylic acids is 2. The fourth-order valence-corrected chi connectivity index (χ4v) is 3.05. The molecule has 17 heavy (non-hydrogen) atoms. The van der Waals surface area contributed by atoms with E-state index in [1.165, 1.54) is 17.7 Å². The maximum Gasteiger partial charge on any atom is 0.229 e. The second-order valence-electron chi connectivity index (χ2n) is 5.18. The van der Waals surface area contributed by atoms with Crippen LogP contribution in [0.4, 0.5) is 0 Å². The highest BCUT2D eigenvalue weighted by Crippen LogP contribution is 2.46. The summed E-state index contributed by atoms with van der Waals surface area (Å²) >= 11 is 0. The second kappa shape index (κ2) is 4.91. The Bertz CT molecular complexity index is 363. The standard InChI is InChI=1S/C14H19NO2/c1-2-3-6-9-15-12(16)10-14(11-13(15)17)7-4-5-8-14/h4-11H2,1H3. The van der Waals surface area contributed by atoms with Gasteiger partial charge in [-0.2, -0.15) is 0 Å². The number of rotatable bonds is 2. The molecule has 0 aromatic rings. The summed E-state index contributed by atoms with van der Waals surface area (Å²) in [5.74, 6) is 5.72. The van der Waals surface area contributed by atoms with E-state index in [1.54, 1.807) is 6.92 Å². The van der Waals surface area contributed by atoms with Crippen LogP contribution in [-0.2, 0) is 9.59 Å². The van der Waals surface area contributed by atoms with Crippen molar-refractivity contribution in [1.29, 1.82) is 0 Å². The number of hydrogen-bond acceptors (Lipinski definition) is 2. The summed E-state index contributed by atoms with van der Waals surface area (Å²) in [6, 6.07) is 0. The number of carbonyl (C=O) groups is 2. The lowest BCUT2D eigenvalue weighted by atomic mass is 9.76. The van der Waals surface area contributed by atoms with Crippen LogP contribution >= 0.6 is 0 Å². The Morgan fingerprint density at radius 1 is 1.18 bits per heavy atom. The topological polar surface area (TPSA) is 37.4 Å². The molecule has 2 rings (SSSR count). The fraction of sp³-hybridized carbons (Fsp3) is 0.714. The highest BCUT2D eigenvalue weighted by atomic mass is 16.2. The molecule has 0 atom stereocenters. The van der Waals surface area contributed by atoms with Gasteiger partial charge in [0.15, 0.2) is 0 Å². The summed E-state index contributed by atoms with van der Waals surface area (Å²) in [4.78, 5) is 25.4. The van der Waals surface area contributed by atoms with Crippen LogP contribution in [-0.4, -0.2) is 23.3 Å². The molecule has 1 saturated heterocycles. The molecule has 1 heterocycles. The van der Waals surface area contributed by atoms with E-state index in [9.17, 15) is 9.59 Å². The molecule has 1 spiro atoms. The van der Waals surface area contributed by atoms with Gasteiger partial charge in [0, 0.05) is 25.8 Å². The maximum atomic E-state index is 12.0. The van der Waals surface area contributed by atoms with E-state index in [2.05, 4.69) is 11.8 Å². The van der Waals surface area contributed by atoms with Gasteiger partial charge in [0.1, 0.15) is 0 Å². The Hall–Kier alpha value is -1.30. The molecule has 3 nitrogen and oxygen atoms in total. The molecular formula is C14H19NO2. The number of amides is 2. The van der Waals surface area contributed by atoms with Gasteiger partial charge in [-0.1, -0.05) is 12.8 Å². The Labute approximate surface area is 103 Å². The molecule has 2 amide bonds. The molecule has 0 bridgehead atoms. The van der Waals surface area contributed by atoms with Crippen LogP contribution in [0.15, 0.2) is 0 Å². The number of hydrogen-bond donors (Lipinski definition) is 0. The molecule has 2 aliphatic rings. The van der Waals surface area contributed by atoms with E-state index in [1.807, 2.05) is 0 Å². The van der Waals surface area contributed by atoms with Crippen LogP contribution in [0.1, 0.15) is 51.9 Å². The Morgan fingerprint density at radius 2 is 1.76 bits per heavy atom. The van der Waals surface area contributed by atoms with E-state index in [0.29, 0.717) is 25.8 Å². The zero-order valence-corrected chi connectivity index (χ0v) is 10.4. The monoisotopic (exact) mass is 233 g/mol. The minimum Gasteiger partial charge on any atom is -0.282 e. The third-order valence-corrected chi connectivity index (χ3v) is 3.96. The summed E-state index contributed by atoms with van der Waals surface area (Å²) in [6.45, 7) is 2.24. The van der Waals surface area contributed by atoms with Crippen LogP contribution in [0.25, 0.3) is 0 Å². The van der Waals surface area contributed by atoms with Crippen molar-refractivity contribution in [3.63, 3.8) is 0 Å². The van der Waals surface area contributed by atoms with Gasteiger partial charge < -0.3 is 0 Å². The van der Waals surface area contributed by atoms with Crippen molar-refractivity contribution in [2.75, 3.05) is 6.54 Å². The molecule has 0 radical (unpaired) electrons. The van der Waals surface area contributed by atoms with Gasteiger partial charge in [-0.05, 0) is 25.2 Å². The van der Waals surface area contributed by atoms with Crippen molar-refractivity contribution < 1.29 is 9.59 Å². The van der Waals surface area contributed by atoms with Gasteiger partial charge in [0.05, 0.1) is 0 Å². The average Bonchev–Trinajstić information content (AvgIpc) is 2.70. The van der Waals surface area contributed by atoms with Crippen molar-refractivity contribution in [3.05, 3.63) is 0 Å². The third kappa shape index (κ3) is 2.52. The molecular weight excluding hydrogens is 214 g/mol. The van der Waals surface area contributed by atoms with Crippen molar-refractivity contribution >= 4 is 11.8 Å². The van der Waals surface area contributed by atoms with Gasteiger partial charge in [0.25, 0.3) is 0 Å². The lowest BCUT2D eigenvalue weighted by Gasteiger charge is -2.37. The molecule has 3 heteroatoms. The van der Waals surface area contributed by atoms with E-state index in [0.717, 1.165) is 12.8 Å². The number of nitrogens with zero attached hydrogens (tertiary/aromatic N) is 1. The molecule has 0 N–H and O–H groups in total.